The Kier molecular flexibility index (Phi) is 4.86. The Morgan fingerprint density at radius 1 is 1.14 bits per heavy atom. The Hall–Kier alpha value is -3.14. The number of anilines is 2. The summed E-state index contributed by atoms with van der Waals surface area (Å²) in [4.78, 5) is 25.4. The van der Waals surface area contributed by atoms with Crippen LogP contribution in [0.2, 0.25) is 0 Å². The van der Waals surface area contributed by atoms with Crippen molar-refractivity contribution in [1.82, 2.24) is 14.9 Å². The van der Waals surface area contributed by atoms with Crippen LogP contribution in [0.25, 0.3) is 0 Å². The summed E-state index contributed by atoms with van der Waals surface area (Å²) in [6.45, 7) is 3.95. The molecule has 2 aliphatic heterocycles. The lowest BCUT2D eigenvalue weighted by molar-refractivity contribution is -0.383. The highest BCUT2D eigenvalue weighted by Gasteiger charge is 2.30. The Bertz CT molecular complexity index is 882. The van der Waals surface area contributed by atoms with E-state index in [1.807, 2.05) is 23.1 Å². The third kappa shape index (κ3) is 3.50. The number of hydrogen-bond donors (Lipinski definition) is 0. The number of fused-ring (bicyclic) bond motifs is 1. The fourth-order valence-corrected chi connectivity index (χ4v) is 3.50. The normalized spacial score (nSPS) is 16.3. The molecule has 0 aliphatic carbocycles. The molecule has 10 heteroatoms. The maximum Gasteiger partial charge on any atom is 0.353 e. The first-order chi connectivity index (χ1) is 13.5. The van der Waals surface area contributed by atoms with Gasteiger partial charge in [0, 0.05) is 46.8 Å². The first-order valence-corrected chi connectivity index (χ1v) is 9.05. The van der Waals surface area contributed by atoms with Crippen LogP contribution in [0.15, 0.2) is 24.5 Å². The number of rotatable bonds is 5. The van der Waals surface area contributed by atoms with E-state index in [2.05, 4.69) is 14.9 Å². The Balaban J connectivity index is 1.44. The Morgan fingerprint density at radius 2 is 1.89 bits per heavy atom. The van der Waals surface area contributed by atoms with E-state index in [4.69, 9.17) is 9.47 Å². The molecular formula is C18H22N6O4. The number of aromatic nitrogens is 2. The van der Waals surface area contributed by atoms with Crippen LogP contribution in [0.5, 0.6) is 11.5 Å². The van der Waals surface area contributed by atoms with Crippen LogP contribution < -0.4 is 19.3 Å². The molecule has 0 unspecified atom stereocenters. The van der Waals surface area contributed by atoms with E-state index in [1.165, 1.54) is 6.33 Å². The molecule has 0 atom stereocenters. The lowest BCUT2D eigenvalue weighted by Crippen LogP contribution is -2.46. The quantitative estimate of drug-likeness (QED) is 0.559. The minimum absolute atomic E-state index is 0.0447. The maximum atomic E-state index is 11.6. The number of benzene rings is 1. The van der Waals surface area contributed by atoms with Gasteiger partial charge in [0.1, 0.15) is 6.33 Å². The van der Waals surface area contributed by atoms with E-state index in [1.54, 1.807) is 19.0 Å². The van der Waals surface area contributed by atoms with Crippen molar-refractivity contribution >= 4 is 17.3 Å². The zero-order valence-electron chi connectivity index (χ0n) is 15.9. The molecule has 1 aromatic carbocycles. The van der Waals surface area contributed by atoms with Crippen molar-refractivity contribution < 1.29 is 14.4 Å². The van der Waals surface area contributed by atoms with Crippen molar-refractivity contribution in [2.75, 3.05) is 56.9 Å². The maximum absolute atomic E-state index is 11.6. The standard InChI is InChI=1S/C18H22N6O4/c1-21(2)17-16(24(25)26)18(20-11-19-17)23-7-5-22(6-8-23)10-13-3-4-14-15(9-13)28-12-27-14/h3-4,9,11H,5-8,10,12H2,1-2H3. The molecule has 1 fully saturated rings. The van der Waals surface area contributed by atoms with Gasteiger partial charge in [0.05, 0.1) is 4.92 Å². The van der Waals surface area contributed by atoms with E-state index in [9.17, 15) is 10.1 Å². The van der Waals surface area contributed by atoms with Crippen LogP contribution >= 0.6 is 0 Å². The van der Waals surface area contributed by atoms with Crippen molar-refractivity contribution in [3.8, 4) is 11.5 Å². The predicted molar refractivity (Wildman–Crippen MR) is 103 cm³/mol. The third-order valence-corrected chi connectivity index (χ3v) is 4.90. The minimum atomic E-state index is -0.399. The highest BCUT2D eigenvalue weighted by Crippen LogP contribution is 2.34. The first kappa shape index (κ1) is 18.2. The van der Waals surface area contributed by atoms with Gasteiger partial charge < -0.3 is 19.3 Å². The number of piperazine rings is 1. The van der Waals surface area contributed by atoms with Gasteiger partial charge in [-0.05, 0) is 17.7 Å². The molecule has 148 valence electrons. The van der Waals surface area contributed by atoms with Gasteiger partial charge in [0.2, 0.25) is 18.4 Å². The summed E-state index contributed by atoms with van der Waals surface area (Å²) >= 11 is 0. The smallest absolute Gasteiger partial charge is 0.353 e. The molecule has 1 saturated heterocycles. The van der Waals surface area contributed by atoms with Crippen LogP contribution in [0.1, 0.15) is 5.56 Å². The monoisotopic (exact) mass is 386 g/mol. The SMILES string of the molecule is CN(C)c1ncnc(N2CCN(Cc3ccc4c(c3)OCO4)CC2)c1[N+](=O)[O-]. The van der Waals surface area contributed by atoms with Crippen molar-refractivity contribution in [3.05, 3.63) is 40.2 Å². The molecule has 0 radical (unpaired) electrons. The van der Waals surface area contributed by atoms with Crippen LogP contribution in [-0.2, 0) is 6.54 Å². The molecule has 10 nitrogen and oxygen atoms in total. The Labute approximate surface area is 162 Å². The van der Waals surface area contributed by atoms with Gasteiger partial charge in [-0.3, -0.25) is 15.0 Å². The molecule has 0 amide bonds. The van der Waals surface area contributed by atoms with Crippen LogP contribution in [0, 0.1) is 10.1 Å². The van der Waals surface area contributed by atoms with Gasteiger partial charge in [-0.1, -0.05) is 6.07 Å². The predicted octanol–water partition coefficient (Wildman–Crippen LogP) is 1.50. The largest absolute Gasteiger partial charge is 0.454 e. The molecule has 4 rings (SSSR count). The second-order valence-electron chi connectivity index (χ2n) is 6.97. The van der Waals surface area contributed by atoms with Gasteiger partial charge in [0.25, 0.3) is 0 Å². The third-order valence-electron chi connectivity index (χ3n) is 4.90. The molecular weight excluding hydrogens is 364 g/mol. The highest BCUT2D eigenvalue weighted by atomic mass is 16.7. The van der Waals surface area contributed by atoms with Crippen LogP contribution in [0.3, 0.4) is 0 Å². The number of nitro groups is 1. The lowest BCUT2D eigenvalue weighted by Gasteiger charge is -2.35. The second-order valence-corrected chi connectivity index (χ2v) is 6.97. The number of ether oxygens (including phenoxy) is 2. The van der Waals surface area contributed by atoms with E-state index in [-0.39, 0.29) is 12.5 Å². The highest BCUT2D eigenvalue weighted by molar-refractivity contribution is 5.70. The van der Waals surface area contributed by atoms with E-state index in [0.29, 0.717) is 24.7 Å². The molecule has 0 spiro atoms. The van der Waals surface area contributed by atoms with Gasteiger partial charge >= 0.3 is 5.69 Å². The summed E-state index contributed by atoms with van der Waals surface area (Å²) in [7, 11) is 3.48. The molecule has 3 heterocycles. The topological polar surface area (TPSA) is 97.1 Å². The van der Waals surface area contributed by atoms with E-state index < -0.39 is 4.92 Å². The summed E-state index contributed by atoms with van der Waals surface area (Å²) in [5.41, 5.74) is 1.11. The van der Waals surface area contributed by atoms with Gasteiger partial charge in [-0.15, -0.1) is 0 Å². The average molecular weight is 386 g/mol. The zero-order valence-corrected chi connectivity index (χ0v) is 15.9. The minimum Gasteiger partial charge on any atom is -0.454 e. The molecule has 0 bridgehead atoms. The molecule has 2 aromatic rings. The van der Waals surface area contributed by atoms with Crippen molar-refractivity contribution in [2.24, 2.45) is 0 Å². The molecule has 0 N–H and O–H groups in total. The molecule has 1 aromatic heterocycles. The second kappa shape index (κ2) is 7.47. The number of nitrogens with zero attached hydrogens (tertiary/aromatic N) is 6. The van der Waals surface area contributed by atoms with E-state index in [0.717, 1.165) is 36.7 Å². The summed E-state index contributed by atoms with van der Waals surface area (Å²) in [5, 5.41) is 11.6. The Morgan fingerprint density at radius 3 is 2.61 bits per heavy atom. The fraction of sp³-hybridized carbons (Fsp3) is 0.444. The summed E-state index contributed by atoms with van der Waals surface area (Å²) < 4.78 is 10.8. The summed E-state index contributed by atoms with van der Waals surface area (Å²) in [6, 6.07) is 5.98. The molecule has 28 heavy (non-hydrogen) atoms. The average Bonchev–Trinajstić information content (AvgIpc) is 3.15. The molecule has 2 aliphatic rings. The zero-order chi connectivity index (χ0) is 19.7. The summed E-state index contributed by atoms with van der Waals surface area (Å²) in [5.74, 6) is 2.26. The molecule has 0 saturated carbocycles. The van der Waals surface area contributed by atoms with Crippen molar-refractivity contribution in [2.45, 2.75) is 6.54 Å². The first-order valence-electron chi connectivity index (χ1n) is 9.05. The lowest BCUT2D eigenvalue weighted by atomic mass is 10.1. The summed E-state index contributed by atoms with van der Waals surface area (Å²) in [6.07, 6.45) is 1.39. The van der Waals surface area contributed by atoms with Gasteiger partial charge in [0.15, 0.2) is 11.5 Å². The van der Waals surface area contributed by atoms with Gasteiger partial charge in [-0.25, -0.2) is 9.97 Å². The van der Waals surface area contributed by atoms with Crippen LogP contribution in [0.4, 0.5) is 17.3 Å². The van der Waals surface area contributed by atoms with E-state index >= 15 is 0 Å². The van der Waals surface area contributed by atoms with Gasteiger partial charge in [-0.2, -0.15) is 0 Å². The van der Waals surface area contributed by atoms with Crippen LogP contribution in [-0.4, -0.2) is 66.9 Å². The van der Waals surface area contributed by atoms with Crippen molar-refractivity contribution in [3.63, 3.8) is 0 Å². The van der Waals surface area contributed by atoms with Crippen molar-refractivity contribution in [1.29, 1.82) is 0 Å². The number of hydrogen-bond acceptors (Lipinski definition) is 9. The fourth-order valence-electron chi connectivity index (χ4n) is 3.50.